The number of aromatic nitrogens is 3. The van der Waals surface area contributed by atoms with E-state index >= 15 is 0 Å². The molecule has 0 fully saturated rings. The molecular weight excluding hydrogens is 297 g/mol. The quantitative estimate of drug-likeness (QED) is 0.594. The molecule has 2 heterocycles. The van der Waals surface area contributed by atoms with Gasteiger partial charge in [-0.15, -0.1) is 0 Å². The Morgan fingerprint density at radius 1 is 1.32 bits per heavy atom. The summed E-state index contributed by atoms with van der Waals surface area (Å²) in [5.41, 5.74) is 1.44. The van der Waals surface area contributed by atoms with Crippen molar-refractivity contribution in [2.45, 2.75) is 32.4 Å². The molecule has 0 aliphatic rings. The molecule has 0 amide bonds. The second-order valence-electron chi connectivity index (χ2n) is 6.19. The van der Waals surface area contributed by atoms with Crippen LogP contribution in [0.1, 0.15) is 0 Å². The maximum atomic E-state index is 9.00. The van der Waals surface area contributed by atoms with E-state index in [0.29, 0.717) is 24.8 Å². The summed E-state index contributed by atoms with van der Waals surface area (Å²) in [5.74, 6) is 0.495. The van der Waals surface area contributed by atoms with Gasteiger partial charge in [0.15, 0.2) is 0 Å². The highest BCUT2D eigenvalue weighted by Gasteiger charge is 2.16. The molecule has 6 nitrogen and oxygen atoms in total. The van der Waals surface area contributed by atoms with Crippen molar-refractivity contribution in [2.75, 3.05) is 6.61 Å². The van der Waals surface area contributed by atoms with Gasteiger partial charge in [0, 0.05) is 20.9 Å². The summed E-state index contributed by atoms with van der Waals surface area (Å²) >= 11 is 0. The minimum absolute atomic E-state index is 0.338. The van der Waals surface area contributed by atoms with Crippen molar-refractivity contribution in [2.24, 2.45) is 0 Å². The number of rotatable bonds is 8. The van der Waals surface area contributed by atoms with Crippen LogP contribution in [0.2, 0.25) is 25.7 Å². The third-order valence-electron chi connectivity index (χ3n) is 3.14. The van der Waals surface area contributed by atoms with Crippen molar-refractivity contribution in [3.8, 4) is 17.1 Å². The number of pyridine rings is 1. The van der Waals surface area contributed by atoms with Crippen LogP contribution in [0.25, 0.3) is 11.4 Å². The predicted octanol–water partition coefficient (Wildman–Crippen LogP) is 1.89. The van der Waals surface area contributed by atoms with E-state index in [2.05, 4.69) is 29.7 Å². The highest BCUT2D eigenvalue weighted by molar-refractivity contribution is 6.76. The van der Waals surface area contributed by atoms with Crippen LogP contribution < -0.4 is 4.65 Å². The SMILES string of the molecule is C[Si](C)(C)CCOCn1ncc(OBO)c1-c1ccccn1. The van der Waals surface area contributed by atoms with Gasteiger partial charge in [0.25, 0.3) is 0 Å². The van der Waals surface area contributed by atoms with Crippen molar-refractivity contribution in [1.29, 1.82) is 0 Å². The van der Waals surface area contributed by atoms with Crippen LogP contribution in [0.15, 0.2) is 30.6 Å². The Kier molecular flexibility index (Phi) is 5.76. The second-order valence-corrected chi connectivity index (χ2v) is 11.8. The Hall–Kier alpha value is -1.64. The minimum atomic E-state index is -1.11. The Balaban J connectivity index is 2.11. The molecule has 0 atom stereocenters. The van der Waals surface area contributed by atoms with Gasteiger partial charge in [-0.25, -0.2) is 4.68 Å². The van der Waals surface area contributed by atoms with Gasteiger partial charge in [-0.3, -0.25) is 4.98 Å². The molecule has 0 unspecified atom stereocenters. The van der Waals surface area contributed by atoms with Gasteiger partial charge in [-0.2, -0.15) is 5.10 Å². The summed E-state index contributed by atoms with van der Waals surface area (Å²) in [5, 5.41) is 13.3. The van der Waals surface area contributed by atoms with Crippen LogP contribution >= 0.6 is 0 Å². The zero-order chi connectivity index (χ0) is 16.0. The highest BCUT2D eigenvalue weighted by Crippen LogP contribution is 2.28. The van der Waals surface area contributed by atoms with E-state index in [1.807, 2.05) is 18.2 Å². The molecule has 8 heteroatoms. The monoisotopic (exact) mass is 319 g/mol. The second kappa shape index (κ2) is 7.57. The fraction of sp³-hybridized carbons (Fsp3) is 0.429. The smallest absolute Gasteiger partial charge is 0.504 e. The standard InChI is InChI=1S/C14H22BN3O3Si/c1-22(2,3)9-8-20-11-18-14(12-6-4-5-7-16-12)13(10-17-18)21-15-19/h4-7,10,15,19H,8-9,11H2,1-3H3. The molecular formula is C14H22BN3O3Si. The normalized spacial score (nSPS) is 11.5. The third-order valence-corrected chi connectivity index (χ3v) is 4.85. The summed E-state index contributed by atoms with van der Waals surface area (Å²) in [6, 6.07) is 6.72. The maximum absolute atomic E-state index is 9.00. The summed E-state index contributed by atoms with van der Waals surface area (Å²) in [6.07, 6.45) is 3.28. The maximum Gasteiger partial charge on any atom is 0.504 e. The van der Waals surface area contributed by atoms with E-state index in [4.69, 9.17) is 14.4 Å². The first-order valence-electron chi connectivity index (χ1n) is 7.30. The van der Waals surface area contributed by atoms with Crippen LogP contribution in [-0.2, 0) is 11.5 Å². The topological polar surface area (TPSA) is 69.4 Å². The van der Waals surface area contributed by atoms with Gasteiger partial charge in [0.1, 0.15) is 18.2 Å². The van der Waals surface area contributed by atoms with Crippen molar-refractivity contribution in [3.05, 3.63) is 30.6 Å². The van der Waals surface area contributed by atoms with Crippen LogP contribution in [0.4, 0.5) is 0 Å². The van der Waals surface area contributed by atoms with Crippen LogP contribution in [0, 0.1) is 0 Å². The highest BCUT2D eigenvalue weighted by atomic mass is 28.3. The number of hydrogen-bond acceptors (Lipinski definition) is 5. The Morgan fingerprint density at radius 2 is 2.14 bits per heavy atom. The lowest BCUT2D eigenvalue weighted by atomic mass is 10.2. The average Bonchev–Trinajstić information content (AvgIpc) is 2.87. The van der Waals surface area contributed by atoms with E-state index in [-0.39, 0.29) is 0 Å². The first kappa shape index (κ1) is 16.7. The predicted molar refractivity (Wildman–Crippen MR) is 89.6 cm³/mol. The summed E-state index contributed by atoms with van der Waals surface area (Å²) < 4.78 is 12.7. The van der Waals surface area contributed by atoms with Crippen molar-refractivity contribution in [3.63, 3.8) is 0 Å². The Labute approximate surface area is 132 Å². The van der Waals surface area contributed by atoms with Gasteiger partial charge >= 0.3 is 7.69 Å². The molecule has 0 aliphatic carbocycles. The van der Waals surface area contributed by atoms with Gasteiger partial charge in [0.05, 0.1) is 11.9 Å². The van der Waals surface area contributed by atoms with E-state index < -0.39 is 15.8 Å². The Morgan fingerprint density at radius 3 is 2.77 bits per heavy atom. The van der Waals surface area contributed by atoms with E-state index in [0.717, 1.165) is 11.7 Å². The Bertz CT molecular complexity index is 587. The molecule has 0 radical (unpaired) electrons. The number of nitrogens with zero attached hydrogens (tertiary/aromatic N) is 3. The van der Waals surface area contributed by atoms with Gasteiger partial charge in [-0.05, 0) is 18.2 Å². The molecule has 118 valence electrons. The summed E-state index contributed by atoms with van der Waals surface area (Å²) in [4.78, 5) is 4.32. The molecule has 0 bridgehead atoms. The van der Waals surface area contributed by atoms with Crippen molar-refractivity contribution >= 4 is 15.8 Å². The lowest BCUT2D eigenvalue weighted by Crippen LogP contribution is -2.22. The zero-order valence-electron chi connectivity index (χ0n) is 13.3. The zero-order valence-corrected chi connectivity index (χ0v) is 14.3. The van der Waals surface area contributed by atoms with Gasteiger partial charge in [0.2, 0.25) is 0 Å². The van der Waals surface area contributed by atoms with E-state index in [1.54, 1.807) is 17.1 Å². The molecule has 2 aromatic heterocycles. The van der Waals surface area contributed by atoms with Crippen molar-refractivity contribution < 1.29 is 14.4 Å². The lowest BCUT2D eigenvalue weighted by molar-refractivity contribution is 0.0796. The molecule has 22 heavy (non-hydrogen) atoms. The average molecular weight is 319 g/mol. The van der Waals surface area contributed by atoms with Crippen molar-refractivity contribution in [1.82, 2.24) is 14.8 Å². The lowest BCUT2D eigenvalue weighted by Gasteiger charge is -2.16. The molecule has 0 saturated heterocycles. The fourth-order valence-corrected chi connectivity index (χ4v) is 2.69. The molecule has 0 spiro atoms. The van der Waals surface area contributed by atoms with E-state index in [1.165, 1.54) is 0 Å². The minimum Gasteiger partial charge on any atom is -0.536 e. The molecule has 1 N–H and O–H groups in total. The first-order chi connectivity index (χ1) is 10.5. The van der Waals surface area contributed by atoms with Crippen LogP contribution in [-0.4, -0.2) is 42.2 Å². The summed E-state index contributed by atoms with van der Waals surface area (Å²) in [6.45, 7) is 8.00. The third kappa shape index (κ3) is 4.69. The molecule has 2 rings (SSSR count). The molecule has 2 aromatic rings. The first-order valence-corrected chi connectivity index (χ1v) is 11.0. The number of ether oxygens (including phenoxy) is 1. The van der Waals surface area contributed by atoms with Gasteiger partial charge < -0.3 is 14.4 Å². The van der Waals surface area contributed by atoms with Gasteiger partial charge in [-0.1, -0.05) is 25.7 Å². The molecule has 0 saturated carbocycles. The van der Waals surface area contributed by atoms with E-state index in [9.17, 15) is 0 Å². The fourth-order valence-electron chi connectivity index (χ4n) is 1.93. The van der Waals surface area contributed by atoms with Crippen LogP contribution in [0.3, 0.4) is 0 Å². The summed E-state index contributed by atoms with van der Waals surface area (Å²) in [7, 11) is -1.51. The van der Waals surface area contributed by atoms with Crippen LogP contribution in [0.5, 0.6) is 5.75 Å². The number of hydrogen-bond donors (Lipinski definition) is 1. The molecule has 0 aromatic carbocycles. The largest absolute Gasteiger partial charge is 0.536 e. The molecule has 0 aliphatic heterocycles.